The van der Waals surface area contributed by atoms with E-state index in [1.54, 1.807) is 0 Å². The zero-order valence-electron chi connectivity index (χ0n) is 35.1. The maximum Gasteiger partial charge on any atom is 0.0463 e. The Hall–Kier alpha value is -6.12. The largest absolute Gasteiger partial charge is 0.311 e. The van der Waals surface area contributed by atoms with Gasteiger partial charge in [-0.15, -0.1) is 0 Å². The number of unbranched alkanes of at least 4 members (excludes halogenated alkanes) is 2. The van der Waals surface area contributed by atoms with Crippen molar-refractivity contribution in [1.82, 2.24) is 0 Å². The van der Waals surface area contributed by atoms with Crippen LogP contribution in [-0.4, -0.2) is 0 Å². The van der Waals surface area contributed by atoms with Crippen LogP contribution >= 0.6 is 0 Å². The molecule has 0 saturated carbocycles. The number of fused-ring (bicyclic) bond motifs is 3. The first-order chi connectivity index (χ1) is 28.3. The Labute approximate surface area is 346 Å². The second-order valence-corrected chi connectivity index (χ2v) is 16.2. The lowest BCUT2D eigenvalue weighted by Gasteiger charge is -2.28. The molecule has 2 nitrogen and oxygen atoms in total. The Morgan fingerprint density at radius 2 is 0.672 bits per heavy atom. The van der Waals surface area contributed by atoms with Gasteiger partial charge in [0, 0.05) is 34.1 Å². The van der Waals surface area contributed by atoms with Crippen LogP contribution in [-0.2, 0) is 12.8 Å². The molecule has 8 aromatic carbocycles. The molecule has 8 aromatic rings. The maximum absolute atomic E-state index is 2.39. The van der Waals surface area contributed by atoms with Crippen LogP contribution in [0.15, 0.2) is 158 Å². The van der Waals surface area contributed by atoms with E-state index in [2.05, 4.69) is 209 Å². The van der Waals surface area contributed by atoms with Gasteiger partial charge in [-0.2, -0.15) is 0 Å². The molecule has 0 unspecified atom stereocenters. The van der Waals surface area contributed by atoms with Gasteiger partial charge in [0.1, 0.15) is 0 Å². The van der Waals surface area contributed by atoms with Gasteiger partial charge in [-0.1, -0.05) is 117 Å². The molecule has 8 rings (SSSR count). The summed E-state index contributed by atoms with van der Waals surface area (Å²) in [6, 6.07) is 59.2. The minimum Gasteiger partial charge on any atom is -0.311 e. The van der Waals surface area contributed by atoms with Crippen LogP contribution in [0, 0.1) is 27.7 Å². The fourth-order valence-electron chi connectivity index (χ4n) is 8.40. The summed E-state index contributed by atoms with van der Waals surface area (Å²) >= 11 is 0. The van der Waals surface area contributed by atoms with Crippen LogP contribution in [0.4, 0.5) is 34.1 Å². The molecule has 0 amide bonds. The van der Waals surface area contributed by atoms with Gasteiger partial charge in [0.25, 0.3) is 0 Å². The molecule has 0 bridgehead atoms. The molecule has 0 aliphatic carbocycles. The SMILES string of the molecule is CCCCc1ccc(N(c2ccc(C)cc2)c2ccc(N(c3ccc(CCCC)cc3)c3ccc(-c4ccc5c(c4)c(C)c(C)c4cc(C)ccc45)cc3)cc2)cc1. The van der Waals surface area contributed by atoms with Crippen LogP contribution in [0.25, 0.3) is 32.7 Å². The van der Waals surface area contributed by atoms with E-state index in [0.29, 0.717) is 0 Å². The lowest BCUT2D eigenvalue weighted by atomic mass is 9.90. The van der Waals surface area contributed by atoms with E-state index in [4.69, 9.17) is 0 Å². The van der Waals surface area contributed by atoms with Gasteiger partial charge in [-0.05, 0) is 187 Å². The molecule has 290 valence electrons. The Balaban J connectivity index is 1.16. The third kappa shape index (κ3) is 8.02. The van der Waals surface area contributed by atoms with Crippen LogP contribution in [0.3, 0.4) is 0 Å². The second kappa shape index (κ2) is 17.2. The monoisotopic (exact) mass is 756 g/mol. The number of aryl methyl sites for hydroxylation is 6. The van der Waals surface area contributed by atoms with E-state index in [9.17, 15) is 0 Å². The second-order valence-electron chi connectivity index (χ2n) is 16.2. The highest BCUT2D eigenvalue weighted by atomic mass is 15.2. The number of hydrogen-bond donors (Lipinski definition) is 0. The summed E-state index contributed by atoms with van der Waals surface area (Å²) in [4.78, 5) is 4.75. The number of hydrogen-bond acceptors (Lipinski definition) is 2. The van der Waals surface area contributed by atoms with Crippen LogP contribution < -0.4 is 9.80 Å². The Bertz CT molecular complexity index is 2630. The van der Waals surface area contributed by atoms with Crippen molar-refractivity contribution in [3.63, 3.8) is 0 Å². The molecule has 0 heterocycles. The third-order valence-corrected chi connectivity index (χ3v) is 12.0. The van der Waals surface area contributed by atoms with Crippen molar-refractivity contribution in [2.75, 3.05) is 9.80 Å². The first kappa shape index (κ1) is 38.7. The number of nitrogens with zero attached hydrogens (tertiary/aromatic N) is 2. The van der Waals surface area contributed by atoms with E-state index in [-0.39, 0.29) is 0 Å². The van der Waals surface area contributed by atoms with Gasteiger partial charge in [-0.3, -0.25) is 0 Å². The van der Waals surface area contributed by atoms with Gasteiger partial charge in [0.2, 0.25) is 0 Å². The van der Waals surface area contributed by atoms with Crippen molar-refractivity contribution in [3.05, 3.63) is 191 Å². The molecule has 0 aromatic heterocycles. The molecule has 0 aliphatic rings. The Morgan fingerprint density at radius 1 is 0.328 bits per heavy atom. The summed E-state index contributed by atoms with van der Waals surface area (Å²) in [5, 5.41) is 5.33. The first-order valence-electron chi connectivity index (χ1n) is 21.3. The van der Waals surface area contributed by atoms with Crippen molar-refractivity contribution < 1.29 is 0 Å². The molecule has 0 spiro atoms. The fourth-order valence-corrected chi connectivity index (χ4v) is 8.40. The predicted octanol–water partition coefficient (Wildman–Crippen LogP) is 16.5. The highest BCUT2D eigenvalue weighted by Gasteiger charge is 2.17. The first-order valence-corrected chi connectivity index (χ1v) is 21.3. The average molecular weight is 757 g/mol. The zero-order valence-corrected chi connectivity index (χ0v) is 35.1. The quantitative estimate of drug-likeness (QED) is 0.108. The Morgan fingerprint density at radius 3 is 1.12 bits per heavy atom. The molecule has 58 heavy (non-hydrogen) atoms. The summed E-state index contributed by atoms with van der Waals surface area (Å²) in [6.45, 7) is 13.4. The van der Waals surface area contributed by atoms with Gasteiger partial charge in [-0.25, -0.2) is 0 Å². The van der Waals surface area contributed by atoms with Crippen molar-refractivity contribution in [1.29, 1.82) is 0 Å². The van der Waals surface area contributed by atoms with Crippen LogP contribution in [0.1, 0.15) is 72.9 Å². The van der Waals surface area contributed by atoms with Gasteiger partial charge < -0.3 is 9.80 Å². The maximum atomic E-state index is 2.39. The smallest absolute Gasteiger partial charge is 0.0463 e. The number of anilines is 6. The molecular weight excluding hydrogens is 701 g/mol. The molecule has 2 heteroatoms. The van der Waals surface area contributed by atoms with Crippen molar-refractivity contribution in [2.45, 2.75) is 80.1 Å². The minimum atomic E-state index is 1.11. The summed E-state index contributed by atoms with van der Waals surface area (Å²) in [5.41, 5.74) is 17.3. The molecule has 0 N–H and O–H groups in total. The molecule has 0 aliphatic heterocycles. The van der Waals surface area contributed by atoms with Gasteiger partial charge in [0.15, 0.2) is 0 Å². The van der Waals surface area contributed by atoms with Crippen LogP contribution in [0.2, 0.25) is 0 Å². The van der Waals surface area contributed by atoms with Crippen molar-refractivity contribution in [2.24, 2.45) is 0 Å². The van der Waals surface area contributed by atoms with E-state index in [1.807, 2.05) is 0 Å². The van der Waals surface area contributed by atoms with Crippen molar-refractivity contribution in [3.8, 4) is 11.1 Å². The van der Waals surface area contributed by atoms with E-state index >= 15 is 0 Å². The Kier molecular flexibility index (Phi) is 11.5. The lowest BCUT2D eigenvalue weighted by Crippen LogP contribution is -2.12. The molecule has 0 saturated heterocycles. The number of benzene rings is 8. The average Bonchev–Trinajstić information content (AvgIpc) is 3.26. The molecule has 0 atom stereocenters. The third-order valence-electron chi connectivity index (χ3n) is 12.0. The summed E-state index contributed by atoms with van der Waals surface area (Å²) in [6.07, 6.45) is 7.04. The van der Waals surface area contributed by atoms with Crippen molar-refractivity contribution >= 4 is 55.7 Å². The summed E-state index contributed by atoms with van der Waals surface area (Å²) < 4.78 is 0. The summed E-state index contributed by atoms with van der Waals surface area (Å²) in [5.74, 6) is 0. The zero-order chi connectivity index (χ0) is 40.2. The number of rotatable bonds is 13. The predicted molar refractivity (Wildman–Crippen MR) is 252 cm³/mol. The topological polar surface area (TPSA) is 6.48 Å². The fraction of sp³-hybridized carbons (Fsp3) is 0.214. The van der Waals surface area contributed by atoms with E-state index < -0.39 is 0 Å². The summed E-state index contributed by atoms with van der Waals surface area (Å²) in [7, 11) is 0. The molecular formula is C56H56N2. The van der Waals surface area contributed by atoms with E-state index in [1.165, 1.54) is 91.7 Å². The van der Waals surface area contributed by atoms with Gasteiger partial charge >= 0.3 is 0 Å². The minimum absolute atomic E-state index is 1.11. The normalized spacial score (nSPS) is 11.3. The van der Waals surface area contributed by atoms with Crippen LogP contribution in [0.5, 0.6) is 0 Å². The highest BCUT2D eigenvalue weighted by molar-refractivity contribution is 6.11. The van der Waals surface area contributed by atoms with Gasteiger partial charge in [0.05, 0.1) is 0 Å². The lowest BCUT2D eigenvalue weighted by molar-refractivity contribution is 0.795. The molecule has 0 fully saturated rings. The highest BCUT2D eigenvalue weighted by Crippen LogP contribution is 2.41. The molecule has 0 radical (unpaired) electrons. The standard InChI is InChI=1S/C56H56N2/c1-7-9-11-43-16-25-48(26-17-43)57(47-23-13-39(3)14-24-47)51-31-33-52(34-32-51)58(49-27-18-44(19-28-49)12-10-8-2)50-29-20-45(21-30-50)46-22-36-54-53-35-15-40(4)37-55(53)41(5)42(6)56(54)38-46/h13-38H,7-12H2,1-6H3. The van der Waals surface area contributed by atoms with E-state index in [0.717, 1.165) is 47.0 Å².